The van der Waals surface area contributed by atoms with Gasteiger partial charge in [-0.1, -0.05) is 32.0 Å². The van der Waals surface area contributed by atoms with Crippen LogP contribution in [0, 0.1) is 0 Å². The van der Waals surface area contributed by atoms with Crippen molar-refractivity contribution in [1.82, 2.24) is 4.98 Å². The van der Waals surface area contributed by atoms with Gasteiger partial charge in [0, 0.05) is 5.39 Å². The summed E-state index contributed by atoms with van der Waals surface area (Å²) in [6, 6.07) is 7.04. The first-order chi connectivity index (χ1) is 11.6. The van der Waals surface area contributed by atoms with Gasteiger partial charge in [-0.15, -0.1) is 0 Å². The molecule has 0 bridgehead atoms. The number of carbonyl (C=O) groups excluding carboxylic acids is 2. The van der Waals surface area contributed by atoms with Gasteiger partial charge in [0.15, 0.2) is 11.4 Å². The van der Waals surface area contributed by atoms with Crippen LogP contribution in [0.5, 0.6) is 5.75 Å². The van der Waals surface area contributed by atoms with Crippen molar-refractivity contribution >= 4 is 22.8 Å². The molecule has 6 heteroatoms. The summed E-state index contributed by atoms with van der Waals surface area (Å²) in [7, 11) is 1.39. The summed E-state index contributed by atoms with van der Waals surface area (Å²) < 4.78 is 15.7. The first-order valence-electron chi connectivity index (χ1n) is 7.94. The molecule has 0 aliphatic heterocycles. The van der Waals surface area contributed by atoms with Crippen molar-refractivity contribution in [3.63, 3.8) is 0 Å². The first kappa shape index (κ1) is 17.7. The van der Waals surface area contributed by atoms with Crippen LogP contribution in [0.3, 0.4) is 0 Å². The summed E-state index contributed by atoms with van der Waals surface area (Å²) in [6.45, 7) is 4.36. The molecule has 0 radical (unpaired) electrons. The second-order valence-corrected chi connectivity index (χ2v) is 5.16. The molecular formula is C18H21NO5. The van der Waals surface area contributed by atoms with E-state index in [-0.39, 0.29) is 30.2 Å². The van der Waals surface area contributed by atoms with Crippen LogP contribution in [0.1, 0.15) is 47.5 Å². The molecular weight excluding hydrogens is 310 g/mol. The topological polar surface area (TPSA) is 74.7 Å². The number of hydrogen-bond acceptors (Lipinski definition) is 6. The molecule has 24 heavy (non-hydrogen) atoms. The van der Waals surface area contributed by atoms with Crippen molar-refractivity contribution in [2.45, 2.75) is 26.7 Å². The quantitative estimate of drug-likeness (QED) is 0.724. The van der Waals surface area contributed by atoms with Crippen LogP contribution in [0.15, 0.2) is 24.3 Å². The Kier molecular flexibility index (Phi) is 6.12. The molecule has 0 saturated heterocycles. The maximum absolute atomic E-state index is 12.5. The number of rotatable bonds is 7. The number of benzene rings is 1. The molecule has 6 nitrogen and oxygen atoms in total. The molecule has 1 heterocycles. The molecule has 128 valence electrons. The number of nitrogens with zero attached hydrogens (tertiary/aromatic N) is 1. The maximum Gasteiger partial charge on any atom is 0.360 e. The number of carbonyl (C=O) groups is 2. The normalized spacial score (nSPS) is 10.5. The Morgan fingerprint density at radius 1 is 1.00 bits per heavy atom. The summed E-state index contributed by atoms with van der Waals surface area (Å²) in [5.41, 5.74) is 0.679. The lowest BCUT2D eigenvalue weighted by Crippen LogP contribution is -2.15. The Labute approximate surface area is 140 Å². The monoisotopic (exact) mass is 331 g/mol. The van der Waals surface area contributed by atoms with Gasteiger partial charge in [0.2, 0.25) is 0 Å². The molecule has 1 aromatic carbocycles. The second kappa shape index (κ2) is 8.29. The molecule has 2 rings (SSSR count). The van der Waals surface area contributed by atoms with Gasteiger partial charge < -0.3 is 14.2 Å². The molecule has 0 saturated carbocycles. The van der Waals surface area contributed by atoms with Crippen LogP contribution in [-0.2, 0) is 9.47 Å². The van der Waals surface area contributed by atoms with E-state index in [0.717, 1.165) is 0 Å². The van der Waals surface area contributed by atoms with Crippen molar-refractivity contribution in [3.8, 4) is 5.75 Å². The van der Waals surface area contributed by atoms with Crippen LogP contribution in [0.4, 0.5) is 0 Å². The molecule has 0 aliphatic carbocycles. The van der Waals surface area contributed by atoms with Gasteiger partial charge in [0.25, 0.3) is 0 Å². The van der Waals surface area contributed by atoms with E-state index in [4.69, 9.17) is 14.2 Å². The number of ether oxygens (including phenoxy) is 3. The molecule has 0 aliphatic rings. The number of fused-ring (bicyclic) bond motifs is 1. The molecule has 2 aromatic rings. The average Bonchev–Trinajstić information content (AvgIpc) is 2.62. The van der Waals surface area contributed by atoms with Gasteiger partial charge >= 0.3 is 11.9 Å². The number of methoxy groups -OCH3 is 1. The molecule has 0 unspecified atom stereocenters. The Hall–Kier alpha value is -2.63. The summed E-state index contributed by atoms with van der Waals surface area (Å²) in [5, 5.41) is 0.572. The Morgan fingerprint density at radius 3 is 2.25 bits per heavy atom. The van der Waals surface area contributed by atoms with E-state index < -0.39 is 11.9 Å². The number of aromatic nitrogens is 1. The molecule has 0 amide bonds. The van der Waals surface area contributed by atoms with Crippen LogP contribution in [0.25, 0.3) is 10.9 Å². The predicted molar refractivity (Wildman–Crippen MR) is 89.4 cm³/mol. The zero-order valence-corrected chi connectivity index (χ0v) is 14.1. The van der Waals surface area contributed by atoms with Gasteiger partial charge in [-0.25, -0.2) is 14.6 Å². The van der Waals surface area contributed by atoms with Gasteiger partial charge in [0.1, 0.15) is 5.56 Å². The lowest BCUT2D eigenvalue weighted by atomic mass is 10.1. The van der Waals surface area contributed by atoms with E-state index in [2.05, 4.69) is 4.98 Å². The number of pyridine rings is 1. The largest absolute Gasteiger partial charge is 0.493 e. The van der Waals surface area contributed by atoms with Crippen LogP contribution >= 0.6 is 0 Å². The third-order valence-electron chi connectivity index (χ3n) is 3.32. The number of hydrogen-bond donors (Lipinski definition) is 0. The average molecular weight is 331 g/mol. The third-order valence-corrected chi connectivity index (χ3v) is 3.32. The second-order valence-electron chi connectivity index (χ2n) is 5.16. The SMILES string of the molecule is CCCOC(=O)c1nc2ccccc2c(C(=O)OCCC)c1OC. The van der Waals surface area contributed by atoms with E-state index >= 15 is 0 Å². The lowest BCUT2D eigenvalue weighted by Gasteiger charge is -2.14. The highest BCUT2D eigenvalue weighted by Crippen LogP contribution is 2.31. The summed E-state index contributed by atoms with van der Waals surface area (Å²) in [6.07, 6.45) is 1.38. The summed E-state index contributed by atoms with van der Waals surface area (Å²) in [4.78, 5) is 29.1. The fraction of sp³-hybridized carbons (Fsp3) is 0.389. The Morgan fingerprint density at radius 2 is 1.62 bits per heavy atom. The number of esters is 2. The summed E-state index contributed by atoms with van der Waals surface area (Å²) in [5.74, 6) is -1.09. The molecule has 0 atom stereocenters. The van der Waals surface area contributed by atoms with Crippen molar-refractivity contribution in [1.29, 1.82) is 0 Å². The van der Waals surface area contributed by atoms with Crippen LogP contribution < -0.4 is 4.74 Å². The van der Waals surface area contributed by atoms with Crippen molar-refractivity contribution in [3.05, 3.63) is 35.5 Å². The van der Waals surface area contributed by atoms with Gasteiger partial charge in [0.05, 0.1) is 25.8 Å². The molecule has 0 spiro atoms. The molecule has 1 aromatic heterocycles. The molecule has 0 fully saturated rings. The standard InChI is InChI=1S/C18H21NO5/c1-4-10-23-17(20)14-12-8-6-7-9-13(12)19-15(16(14)22-3)18(21)24-11-5-2/h6-9H,4-5,10-11H2,1-3H3. The highest BCUT2D eigenvalue weighted by atomic mass is 16.5. The summed E-state index contributed by atoms with van der Waals surface area (Å²) >= 11 is 0. The van der Waals surface area contributed by atoms with E-state index in [1.54, 1.807) is 24.3 Å². The number of para-hydroxylation sites is 1. The van der Waals surface area contributed by atoms with Crippen LogP contribution in [-0.4, -0.2) is 37.2 Å². The first-order valence-corrected chi connectivity index (χ1v) is 7.94. The van der Waals surface area contributed by atoms with E-state index in [1.165, 1.54) is 7.11 Å². The zero-order valence-electron chi connectivity index (χ0n) is 14.1. The molecule has 0 N–H and O–H groups in total. The smallest absolute Gasteiger partial charge is 0.360 e. The highest BCUT2D eigenvalue weighted by molar-refractivity contribution is 6.09. The third kappa shape index (κ3) is 3.64. The van der Waals surface area contributed by atoms with Crippen LogP contribution in [0.2, 0.25) is 0 Å². The van der Waals surface area contributed by atoms with Crippen molar-refractivity contribution in [2.24, 2.45) is 0 Å². The Balaban J connectivity index is 2.62. The predicted octanol–water partition coefficient (Wildman–Crippen LogP) is 3.38. The fourth-order valence-corrected chi connectivity index (χ4v) is 2.26. The Bertz CT molecular complexity index is 742. The lowest BCUT2D eigenvalue weighted by molar-refractivity contribution is 0.0492. The maximum atomic E-state index is 12.5. The zero-order chi connectivity index (χ0) is 17.5. The van der Waals surface area contributed by atoms with E-state index in [1.807, 2.05) is 13.8 Å². The van der Waals surface area contributed by atoms with Gasteiger partial charge in [-0.3, -0.25) is 0 Å². The minimum absolute atomic E-state index is 0.0203. The van der Waals surface area contributed by atoms with Gasteiger partial charge in [-0.05, 0) is 18.9 Å². The van der Waals surface area contributed by atoms with Gasteiger partial charge in [-0.2, -0.15) is 0 Å². The minimum atomic E-state index is -0.621. The van der Waals surface area contributed by atoms with Crippen molar-refractivity contribution in [2.75, 3.05) is 20.3 Å². The van der Waals surface area contributed by atoms with Crippen molar-refractivity contribution < 1.29 is 23.8 Å². The van der Waals surface area contributed by atoms with E-state index in [0.29, 0.717) is 23.7 Å². The highest BCUT2D eigenvalue weighted by Gasteiger charge is 2.26. The van der Waals surface area contributed by atoms with E-state index in [9.17, 15) is 9.59 Å². The fourth-order valence-electron chi connectivity index (χ4n) is 2.26. The minimum Gasteiger partial charge on any atom is -0.493 e.